The molecular weight excluding hydrogens is 282 g/mol. The Morgan fingerprint density at radius 2 is 2.12 bits per heavy atom. The Morgan fingerprint density at radius 3 is 2.88 bits per heavy atom. The largest absolute Gasteiger partial charge is 0.508 e. The van der Waals surface area contributed by atoms with E-state index in [0.717, 1.165) is 47.8 Å². The third-order valence-electron chi connectivity index (χ3n) is 3.03. The number of halogens is 1. The normalized spacial score (nSPS) is 14.3. The predicted octanol–water partition coefficient (Wildman–Crippen LogP) is 2.99. The van der Waals surface area contributed by atoms with Gasteiger partial charge >= 0.3 is 0 Å². The van der Waals surface area contributed by atoms with Gasteiger partial charge in [-0.25, -0.2) is 0 Å². The molecule has 92 valence electrons. The van der Waals surface area contributed by atoms with Gasteiger partial charge in [0, 0.05) is 17.4 Å². The molecule has 0 unspecified atom stereocenters. The molecule has 1 aliphatic rings. The van der Waals surface area contributed by atoms with Crippen molar-refractivity contribution in [3.05, 3.63) is 23.3 Å². The van der Waals surface area contributed by atoms with Crippen molar-refractivity contribution in [1.82, 2.24) is 0 Å². The molecule has 2 N–H and O–H groups in total. The van der Waals surface area contributed by atoms with Gasteiger partial charge < -0.3 is 10.4 Å². The van der Waals surface area contributed by atoms with Gasteiger partial charge in [0.15, 0.2) is 0 Å². The molecule has 1 aliphatic heterocycles. The summed E-state index contributed by atoms with van der Waals surface area (Å²) in [6.45, 7) is 0. The number of benzene rings is 1. The lowest BCUT2D eigenvalue weighted by molar-refractivity contribution is -0.116. The summed E-state index contributed by atoms with van der Waals surface area (Å²) in [5.74, 6) is 0.420. The Balaban J connectivity index is 2.17. The number of hydrogen-bond donors (Lipinski definition) is 2. The summed E-state index contributed by atoms with van der Waals surface area (Å²) >= 11 is 3.39. The van der Waals surface area contributed by atoms with Crippen LogP contribution in [0.15, 0.2) is 12.1 Å². The van der Waals surface area contributed by atoms with Crippen LogP contribution in [-0.4, -0.2) is 16.3 Å². The van der Waals surface area contributed by atoms with Crippen molar-refractivity contribution in [1.29, 1.82) is 0 Å². The number of amides is 1. The highest BCUT2D eigenvalue weighted by molar-refractivity contribution is 9.09. The maximum atomic E-state index is 11.3. The van der Waals surface area contributed by atoms with E-state index >= 15 is 0 Å². The number of rotatable bonds is 4. The Bertz CT molecular complexity index is 432. The van der Waals surface area contributed by atoms with Gasteiger partial charge in [-0.2, -0.15) is 0 Å². The quantitative estimate of drug-likeness (QED) is 0.510. The van der Waals surface area contributed by atoms with E-state index in [4.69, 9.17) is 0 Å². The molecule has 0 saturated carbocycles. The molecule has 0 fully saturated rings. The minimum Gasteiger partial charge on any atom is -0.508 e. The monoisotopic (exact) mass is 297 g/mol. The standard InChI is InChI=1S/C13H16BrNO2/c14-6-2-1-3-10-7-11-9(8-12(10)16)4-5-13(17)15-11/h7-8,16H,1-6H2,(H,15,17). The topological polar surface area (TPSA) is 49.3 Å². The molecule has 4 heteroatoms. The van der Waals surface area contributed by atoms with Gasteiger partial charge in [-0.3, -0.25) is 4.79 Å². The number of nitrogens with one attached hydrogen (secondary N) is 1. The number of anilines is 1. The van der Waals surface area contributed by atoms with Gasteiger partial charge in [-0.1, -0.05) is 15.9 Å². The first kappa shape index (κ1) is 12.4. The van der Waals surface area contributed by atoms with Crippen LogP contribution in [0.3, 0.4) is 0 Å². The molecule has 0 saturated heterocycles. The molecule has 3 nitrogen and oxygen atoms in total. The Labute approximate surface area is 109 Å². The molecule has 0 aromatic heterocycles. The van der Waals surface area contributed by atoms with E-state index in [0.29, 0.717) is 12.2 Å². The minimum atomic E-state index is 0.0644. The minimum absolute atomic E-state index is 0.0644. The number of alkyl halides is 1. The second-order valence-electron chi connectivity index (χ2n) is 4.33. The highest BCUT2D eigenvalue weighted by Gasteiger charge is 2.16. The summed E-state index contributed by atoms with van der Waals surface area (Å²) in [7, 11) is 0. The van der Waals surface area contributed by atoms with Crippen molar-refractivity contribution in [2.75, 3.05) is 10.6 Å². The van der Waals surface area contributed by atoms with E-state index in [2.05, 4.69) is 21.2 Å². The molecule has 0 bridgehead atoms. The molecule has 0 radical (unpaired) electrons. The maximum absolute atomic E-state index is 11.3. The van der Waals surface area contributed by atoms with E-state index in [1.54, 1.807) is 6.07 Å². The van der Waals surface area contributed by atoms with Crippen LogP contribution in [0.4, 0.5) is 5.69 Å². The second-order valence-corrected chi connectivity index (χ2v) is 5.13. The molecule has 17 heavy (non-hydrogen) atoms. The third-order valence-corrected chi connectivity index (χ3v) is 3.59. The molecule has 1 aromatic carbocycles. The average molecular weight is 298 g/mol. The van der Waals surface area contributed by atoms with E-state index in [1.807, 2.05) is 6.07 Å². The number of carbonyl (C=O) groups is 1. The molecule has 1 heterocycles. The maximum Gasteiger partial charge on any atom is 0.224 e. The molecule has 0 atom stereocenters. The first-order chi connectivity index (χ1) is 8.20. The van der Waals surface area contributed by atoms with Crippen molar-refractivity contribution >= 4 is 27.5 Å². The van der Waals surface area contributed by atoms with Crippen LogP contribution in [0.25, 0.3) is 0 Å². The van der Waals surface area contributed by atoms with Crippen molar-refractivity contribution < 1.29 is 9.90 Å². The number of aromatic hydroxyl groups is 1. The SMILES string of the molecule is O=C1CCc2cc(O)c(CCCCBr)cc2N1. The highest BCUT2D eigenvalue weighted by Crippen LogP contribution is 2.30. The molecule has 2 rings (SSSR count). The Kier molecular flexibility index (Phi) is 4.05. The molecular formula is C13H16BrNO2. The fourth-order valence-corrected chi connectivity index (χ4v) is 2.47. The number of phenols is 1. The third kappa shape index (κ3) is 3.00. The smallest absolute Gasteiger partial charge is 0.224 e. The number of carbonyl (C=O) groups excluding carboxylic acids is 1. The predicted molar refractivity (Wildman–Crippen MR) is 71.8 cm³/mol. The Hall–Kier alpha value is -1.03. The molecule has 1 amide bonds. The lowest BCUT2D eigenvalue weighted by Crippen LogP contribution is -2.19. The second kappa shape index (κ2) is 5.54. The Morgan fingerprint density at radius 1 is 1.29 bits per heavy atom. The van der Waals surface area contributed by atoms with Crippen LogP contribution in [0.1, 0.15) is 30.4 Å². The number of aryl methyl sites for hydroxylation is 2. The number of unbranched alkanes of at least 4 members (excludes halogenated alkanes) is 1. The summed E-state index contributed by atoms with van der Waals surface area (Å²) in [6, 6.07) is 3.70. The van der Waals surface area contributed by atoms with Gasteiger partial charge in [-0.05, 0) is 48.9 Å². The number of phenolic OH excluding ortho intramolecular Hbond substituents is 1. The first-order valence-electron chi connectivity index (χ1n) is 5.91. The fourth-order valence-electron chi connectivity index (χ4n) is 2.07. The number of hydrogen-bond acceptors (Lipinski definition) is 2. The summed E-state index contributed by atoms with van der Waals surface area (Å²) in [5.41, 5.74) is 2.83. The summed E-state index contributed by atoms with van der Waals surface area (Å²) in [6.07, 6.45) is 4.20. The van der Waals surface area contributed by atoms with E-state index < -0.39 is 0 Å². The molecule has 0 aliphatic carbocycles. The summed E-state index contributed by atoms with van der Waals surface area (Å²) < 4.78 is 0. The van der Waals surface area contributed by atoms with Crippen LogP contribution >= 0.6 is 15.9 Å². The van der Waals surface area contributed by atoms with Gasteiger partial charge in [0.25, 0.3) is 0 Å². The lowest BCUT2D eigenvalue weighted by atomic mass is 9.98. The van der Waals surface area contributed by atoms with Gasteiger partial charge in [-0.15, -0.1) is 0 Å². The van der Waals surface area contributed by atoms with E-state index in [9.17, 15) is 9.90 Å². The average Bonchev–Trinajstić information content (AvgIpc) is 2.31. The van der Waals surface area contributed by atoms with Crippen molar-refractivity contribution in [3.63, 3.8) is 0 Å². The molecule has 0 spiro atoms. The fraction of sp³-hybridized carbons (Fsp3) is 0.462. The van der Waals surface area contributed by atoms with Crippen LogP contribution < -0.4 is 5.32 Å². The van der Waals surface area contributed by atoms with Crippen LogP contribution in [0.2, 0.25) is 0 Å². The van der Waals surface area contributed by atoms with Crippen molar-refractivity contribution in [2.45, 2.75) is 32.1 Å². The van der Waals surface area contributed by atoms with Crippen LogP contribution in [-0.2, 0) is 17.6 Å². The first-order valence-corrected chi connectivity index (χ1v) is 7.03. The lowest BCUT2D eigenvalue weighted by Gasteiger charge is -2.18. The van der Waals surface area contributed by atoms with Gasteiger partial charge in [0.1, 0.15) is 5.75 Å². The van der Waals surface area contributed by atoms with Crippen molar-refractivity contribution in [3.8, 4) is 5.75 Å². The zero-order valence-electron chi connectivity index (χ0n) is 9.63. The van der Waals surface area contributed by atoms with Gasteiger partial charge in [0.05, 0.1) is 0 Å². The van der Waals surface area contributed by atoms with Crippen molar-refractivity contribution in [2.24, 2.45) is 0 Å². The highest BCUT2D eigenvalue weighted by atomic mass is 79.9. The van der Waals surface area contributed by atoms with Gasteiger partial charge in [0.2, 0.25) is 5.91 Å². The zero-order chi connectivity index (χ0) is 12.3. The summed E-state index contributed by atoms with van der Waals surface area (Å²) in [5, 5.41) is 13.7. The van der Waals surface area contributed by atoms with Crippen LogP contribution in [0, 0.1) is 0 Å². The van der Waals surface area contributed by atoms with E-state index in [-0.39, 0.29) is 5.91 Å². The summed E-state index contributed by atoms with van der Waals surface area (Å²) in [4.78, 5) is 11.3. The zero-order valence-corrected chi connectivity index (χ0v) is 11.2. The molecule has 1 aromatic rings. The number of fused-ring (bicyclic) bond motifs is 1. The van der Waals surface area contributed by atoms with E-state index in [1.165, 1.54) is 0 Å². The van der Waals surface area contributed by atoms with Crippen LogP contribution in [0.5, 0.6) is 5.75 Å².